The summed E-state index contributed by atoms with van der Waals surface area (Å²) < 4.78 is 0. The Morgan fingerprint density at radius 3 is 0.726 bits per heavy atom. The number of aliphatic hydroxyl groups excluding tert-OH is 2. The van der Waals surface area contributed by atoms with E-state index in [1.807, 2.05) is 0 Å². The molecule has 0 bridgehead atoms. The van der Waals surface area contributed by atoms with E-state index in [9.17, 15) is 15.0 Å². The van der Waals surface area contributed by atoms with E-state index >= 15 is 0 Å². The molecule has 372 valence electrons. The van der Waals surface area contributed by atoms with Crippen LogP contribution in [0.3, 0.4) is 0 Å². The van der Waals surface area contributed by atoms with Gasteiger partial charge in [0, 0.05) is 6.42 Å². The van der Waals surface area contributed by atoms with Crippen LogP contribution >= 0.6 is 0 Å². The largest absolute Gasteiger partial charge is 0.394 e. The van der Waals surface area contributed by atoms with Gasteiger partial charge in [-0.05, 0) is 12.8 Å². The normalized spacial score (nSPS) is 12.6. The molecule has 0 aromatic carbocycles. The van der Waals surface area contributed by atoms with Gasteiger partial charge >= 0.3 is 0 Å². The number of carbonyl (C=O) groups is 1. The van der Waals surface area contributed by atoms with E-state index in [0.29, 0.717) is 12.8 Å². The van der Waals surface area contributed by atoms with Crippen molar-refractivity contribution in [1.29, 1.82) is 0 Å². The van der Waals surface area contributed by atoms with E-state index in [1.165, 1.54) is 295 Å². The predicted octanol–water partition coefficient (Wildman–Crippen LogP) is 19.1. The number of amides is 1. The van der Waals surface area contributed by atoms with Crippen LogP contribution in [0.15, 0.2) is 0 Å². The topological polar surface area (TPSA) is 69.6 Å². The van der Waals surface area contributed by atoms with Gasteiger partial charge in [0.05, 0.1) is 18.8 Å². The first-order chi connectivity index (χ1) is 30.7. The summed E-state index contributed by atoms with van der Waals surface area (Å²) in [4.78, 5) is 12.5. The molecule has 0 heterocycles. The van der Waals surface area contributed by atoms with Crippen LogP contribution in [0.25, 0.3) is 0 Å². The van der Waals surface area contributed by atoms with Gasteiger partial charge in [0.1, 0.15) is 0 Å². The molecule has 1 amide bonds. The highest BCUT2D eigenvalue weighted by Crippen LogP contribution is 2.19. The lowest BCUT2D eigenvalue weighted by atomic mass is 10.0. The second-order valence-electron chi connectivity index (χ2n) is 20.4. The van der Waals surface area contributed by atoms with Gasteiger partial charge in [-0.1, -0.05) is 328 Å². The molecule has 0 fully saturated rings. The number of nitrogens with one attached hydrogen (secondary N) is 1. The third-order valence-corrected chi connectivity index (χ3v) is 14.1. The molecule has 62 heavy (non-hydrogen) atoms. The Balaban J connectivity index is 3.38. The molecule has 0 aliphatic heterocycles. The maximum atomic E-state index is 12.5. The molecule has 0 aliphatic rings. The summed E-state index contributed by atoms with van der Waals surface area (Å²) in [5.41, 5.74) is 0. The molecule has 0 aromatic rings. The molecule has 2 atom stereocenters. The van der Waals surface area contributed by atoms with Gasteiger partial charge in [0.2, 0.25) is 5.91 Å². The lowest BCUT2D eigenvalue weighted by molar-refractivity contribution is -0.123. The number of rotatable bonds is 55. The molecular weight excluding hydrogens is 759 g/mol. The van der Waals surface area contributed by atoms with Gasteiger partial charge < -0.3 is 15.5 Å². The molecule has 0 rings (SSSR count). The van der Waals surface area contributed by atoms with Gasteiger partial charge in [-0.3, -0.25) is 4.79 Å². The fourth-order valence-corrected chi connectivity index (χ4v) is 9.66. The summed E-state index contributed by atoms with van der Waals surface area (Å²) in [6.07, 6.45) is 69.6. The summed E-state index contributed by atoms with van der Waals surface area (Å²) in [6.45, 7) is 4.41. The van der Waals surface area contributed by atoms with Crippen LogP contribution in [-0.4, -0.2) is 34.9 Å². The third-order valence-electron chi connectivity index (χ3n) is 14.1. The zero-order chi connectivity index (χ0) is 44.9. The van der Waals surface area contributed by atoms with Gasteiger partial charge in [0.15, 0.2) is 0 Å². The minimum absolute atomic E-state index is 0.0214. The molecule has 0 aliphatic carbocycles. The predicted molar refractivity (Wildman–Crippen MR) is 276 cm³/mol. The van der Waals surface area contributed by atoms with E-state index in [2.05, 4.69) is 19.2 Å². The number of aliphatic hydroxyl groups is 2. The first-order valence-corrected chi connectivity index (χ1v) is 29.2. The zero-order valence-electron chi connectivity index (χ0n) is 42.9. The molecule has 4 nitrogen and oxygen atoms in total. The van der Waals surface area contributed by atoms with Crippen molar-refractivity contribution >= 4 is 5.91 Å². The van der Waals surface area contributed by atoms with Crippen LogP contribution in [0.2, 0.25) is 0 Å². The fraction of sp³-hybridized carbons (Fsp3) is 0.983. The van der Waals surface area contributed by atoms with Crippen LogP contribution < -0.4 is 5.32 Å². The Hall–Kier alpha value is -0.610. The Labute approximate surface area is 391 Å². The van der Waals surface area contributed by atoms with Gasteiger partial charge in [-0.2, -0.15) is 0 Å². The van der Waals surface area contributed by atoms with Crippen molar-refractivity contribution in [3.8, 4) is 0 Å². The molecule has 0 spiro atoms. The van der Waals surface area contributed by atoms with E-state index < -0.39 is 12.1 Å². The van der Waals surface area contributed by atoms with Crippen LogP contribution in [0, 0.1) is 0 Å². The van der Waals surface area contributed by atoms with Crippen molar-refractivity contribution in [2.45, 2.75) is 360 Å². The van der Waals surface area contributed by atoms with E-state index in [-0.39, 0.29) is 12.5 Å². The van der Waals surface area contributed by atoms with E-state index in [0.717, 1.165) is 25.7 Å². The van der Waals surface area contributed by atoms with Crippen molar-refractivity contribution in [3.63, 3.8) is 0 Å². The van der Waals surface area contributed by atoms with E-state index in [4.69, 9.17) is 0 Å². The maximum absolute atomic E-state index is 12.5. The third kappa shape index (κ3) is 50.4. The van der Waals surface area contributed by atoms with Crippen molar-refractivity contribution in [3.05, 3.63) is 0 Å². The Morgan fingerprint density at radius 1 is 0.323 bits per heavy atom. The summed E-state index contributed by atoms with van der Waals surface area (Å²) in [5, 5.41) is 23.4. The van der Waals surface area contributed by atoms with Crippen molar-refractivity contribution in [2.24, 2.45) is 0 Å². The average Bonchev–Trinajstić information content (AvgIpc) is 3.28. The Kier molecular flexibility index (Phi) is 54.2. The van der Waals surface area contributed by atoms with Crippen molar-refractivity contribution in [1.82, 2.24) is 5.32 Å². The molecule has 0 radical (unpaired) electrons. The SMILES string of the molecule is CCCCCCCCCCCCCCCCCCCCCCCCCCCCCCCC(=O)NC(CO)C(O)CCCCCCCCCCCCCCCCCCCCCCC. The van der Waals surface area contributed by atoms with Crippen LogP contribution in [0.5, 0.6) is 0 Å². The summed E-state index contributed by atoms with van der Waals surface area (Å²) in [5.74, 6) is -0.0214. The summed E-state index contributed by atoms with van der Waals surface area (Å²) in [6, 6.07) is -0.531. The smallest absolute Gasteiger partial charge is 0.220 e. The van der Waals surface area contributed by atoms with Gasteiger partial charge in [-0.25, -0.2) is 0 Å². The zero-order valence-corrected chi connectivity index (χ0v) is 42.9. The molecule has 3 N–H and O–H groups in total. The number of carbonyl (C=O) groups excluding carboxylic acids is 1. The highest BCUT2D eigenvalue weighted by Gasteiger charge is 2.20. The monoisotopic (exact) mass is 876 g/mol. The lowest BCUT2D eigenvalue weighted by Gasteiger charge is -2.22. The fourth-order valence-electron chi connectivity index (χ4n) is 9.66. The Bertz CT molecular complexity index is 819. The average molecular weight is 877 g/mol. The maximum Gasteiger partial charge on any atom is 0.220 e. The number of hydrogen-bond donors (Lipinski definition) is 3. The highest BCUT2D eigenvalue weighted by molar-refractivity contribution is 5.76. The minimum atomic E-state index is -0.655. The second kappa shape index (κ2) is 54.7. The second-order valence-corrected chi connectivity index (χ2v) is 20.4. The summed E-state index contributed by atoms with van der Waals surface area (Å²) >= 11 is 0. The lowest BCUT2D eigenvalue weighted by Crippen LogP contribution is -2.45. The van der Waals surface area contributed by atoms with Gasteiger partial charge in [0.25, 0.3) is 0 Å². The number of hydrogen-bond acceptors (Lipinski definition) is 3. The van der Waals surface area contributed by atoms with Crippen LogP contribution in [0.1, 0.15) is 348 Å². The molecule has 2 unspecified atom stereocenters. The minimum Gasteiger partial charge on any atom is -0.394 e. The molecule has 4 heteroatoms. The van der Waals surface area contributed by atoms with Gasteiger partial charge in [-0.15, -0.1) is 0 Å². The highest BCUT2D eigenvalue weighted by atomic mass is 16.3. The summed E-state index contributed by atoms with van der Waals surface area (Å²) in [7, 11) is 0. The van der Waals surface area contributed by atoms with Crippen LogP contribution in [0.4, 0.5) is 0 Å². The van der Waals surface area contributed by atoms with Crippen molar-refractivity contribution < 1.29 is 15.0 Å². The van der Waals surface area contributed by atoms with Crippen molar-refractivity contribution in [2.75, 3.05) is 6.61 Å². The first-order valence-electron chi connectivity index (χ1n) is 29.2. The Morgan fingerprint density at radius 2 is 0.516 bits per heavy atom. The molecule has 0 saturated carbocycles. The molecule has 0 aromatic heterocycles. The number of unbranched alkanes of at least 4 members (excludes halogenated alkanes) is 48. The molecule has 0 saturated heterocycles. The standard InChI is InChI=1S/C58H117NO3/c1-3-5-7-9-11-13-15-17-19-21-23-25-26-27-28-29-30-31-32-34-36-38-40-42-44-46-48-50-52-54-58(62)59-56(55-60)57(61)53-51-49-47-45-43-41-39-37-35-33-24-22-20-18-16-14-12-10-8-6-4-2/h56-57,60-61H,3-55H2,1-2H3,(H,59,62). The first kappa shape index (κ1) is 61.4. The van der Waals surface area contributed by atoms with Crippen LogP contribution in [-0.2, 0) is 4.79 Å². The molecular formula is C58H117NO3. The quantitative estimate of drug-likeness (QED) is 0.0533. The van der Waals surface area contributed by atoms with E-state index in [1.54, 1.807) is 0 Å².